The number of benzene rings is 4. The van der Waals surface area contributed by atoms with Crippen molar-refractivity contribution in [2.75, 3.05) is 11.9 Å². The van der Waals surface area contributed by atoms with E-state index in [-0.39, 0.29) is 10.8 Å². The third kappa shape index (κ3) is 4.92. The highest BCUT2D eigenvalue weighted by molar-refractivity contribution is 6.32. The second kappa shape index (κ2) is 11.2. The van der Waals surface area contributed by atoms with Gasteiger partial charge in [0.15, 0.2) is 0 Å². The predicted molar refractivity (Wildman–Crippen MR) is 196 cm³/mol. The van der Waals surface area contributed by atoms with Crippen molar-refractivity contribution >= 4 is 38.8 Å². The summed E-state index contributed by atoms with van der Waals surface area (Å²) in [6.45, 7) is 11.8. The van der Waals surface area contributed by atoms with E-state index in [1.165, 1.54) is 66.3 Å². The summed E-state index contributed by atoms with van der Waals surface area (Å²) in [6, 6.07) is 26.8. The number of hydrogen-bond donors (Lipinski definition) is 0. The standard InChI is InChI=1S/C43H44ClN/c1-28-18-23-33(42(2,3)39-34(28)25-20-29-12-7-9-16-35(29)39)24-19-31-14-11-15-32(41(31)44)22-27-38-43(4,5)40-36-17-10-8-13-30(36)21-26-37(40)45(38)6/h7-10,12-13,16-17,19-28H,11,14-15,18H2,1-6H3/b24-19+,32-22+,38-27+. The van der Waals surface area contributed by atoms with E-state index in [0.717, 1.165) is 30.7 Å². The van der Waals surface area contributed by atoms with Gasteiger partial charge in [0.2, 0.25) is 0 Å². The summed E-state index contributed by atoms with van der Waals surface area (Å²) in [7, 11) is 2.20. The lowest BCUT2D eigenvalue weighted by Gasteiger charge is -2.30. The Morgan fingerprint density at radius 1 is 0.756 bits per heavy atom. The van der Waals surface area contributed by atoms with Crippen molar-refractivity contribution in [2.45, 2.75) is 77.0 Å². The van der Waals surface area contributed by atoms with E-state index in [0.29, 0.717) is 5.92 Å². The molecule has 228 valence electrons. The molecule has 1 atom stereocenters. The van der Waals surface area contributed by atoms with Crippen LogP contribution in [0.3, 0.4) is 0 Å². The Morgan fingerprint density at radius 2 is 1.42 bits per heavy atom. The van der Waals surface area contributed by atoms with Gasteiger partial charge in [-0.2, -0.15) is 0 Å². The fraction of sp³-hybridized carbons (Fsp3) is 0.302. The summed E-state index contributed by atoms with van der Waals surface area (Å²) in [5, 5.41) is 6.24. The summed E-state index contributed by atoms with van der Waals surface area (Å²) in [5.74, 6) is 0.483. The molecule has 1 heterocycles. The molecule has 0 spiro atoms. The van der Waals surface area contributed by atoms with Crippen LogP contribution in [0.1, 0.15) is 82.9 Å². The van der Waals surface area contributed by atoms with Crippen LogP contribution in [0.2, 0.25) is 0 Å². The third-order valence-corrected chi connectivity index (χ3v) is 11.3. The maximum absolute atomic E-state index is 7.21. The zero-order chi connectivity index (χ0) is 31.5. The minimum atomic E-state index is -0.111. The molecule has 2 aliphatic carbocycles. The molecule has 2 heteroatoms. The summed E-state index contributed by atoms with van der Waals surface area (Å²) in [6.07, 6.45) is 15.9. The van der Waals surface area contributed by atoms with Crippen molar-refractivity contribution in [3.63, 3.8) is 0 Å². The van der Waals surface area contributed by atoms with Gasteiger partial charge in [0.05, 0.1) is 0 Å². The predicted octanol–water partition coefficient (Wildman–Crippen LogP) is 12.2. The molecule has 0 fully saturated rings. The van der Waals surface area contributed by atoms with Crippen molar-refractivity contribution in [3.8, 4) is 0 Å². The SMILES string of the molecule is CC1CC=C(/C=C/C2=C(Cl)C(=C/C=C3/N(C)c4ccc5ccccc5c4C3(C)C)/CCC2)C(C)(C)c2c1ccc1ccccc21. The summed E-state index contributed by atoms with van der Waals surface area (Å²) in [4.78, 5) is 2.36. The summed E-state index contributed by atoms with van der Waals surface area (Å²) >= 11 is 7.21. The van der Waals surface area contributed by atoms with Crippen LogP contribution in [0.4, 0.5) is 5.69 Å². The number of nitrogens with zero attached hydrogens (tertiary/aromatic N) is 1. The molecular weight excluding hydrogens is 566 g/mol. The molecular formula is C43H44ClN. The van der Waals surface area contributed by atoms with Crippen molar-refractivity contribution in [3.05, 3.63) is 147 Å². The van der Waals surface area contributed by atoms with Crippen LogP contribution in [0, 0.1) is 0 Å². The maximum Gasteiger partial charge on any atom is 0.0469 e. The lowest BCUT2D eigenvalue weighted by molar-refractivity contribution is 0.639. The number of hydrogen-bond acceptors (Lipinski definition) is 1. The Hall–Kier alpha value is -3.81. The van der Waals surface area contributed by atoms with Gasteiger partial charge in [-0.3, -0.25) is 0 Å². The van der Waals surface area contributed by atoms with Gasteiger partial charge in [-0.05, 0) is 98.7 Å². The number of halogens is 1. The van der Waals surface area contributed by atoms with E-state index in [2.05, 4.69) is 150 Å². The largest absolute Gasteiger partial charge is 0.347 e. The van der Waals surface area contributed by atoms with Gasteiger partial charge in [-0.25, -0.2) is 0 Å². The van der Waals surface area contributed by atoms with Crippen LogP contribution in [0.25, 0.3) is 21.5 Å². The number of allylic oxidation sites excluding steroid dienone is 10. The highest BCUT2D eigenvalue weighted by Crippen LogP contribution is 2.50. The quantitative estimate of drug-likeness (QED) is 0.223. The average molecular weight is 610 g/mol. The molecule has 4 aromatic rings. The van der Waals surface area contributed by atoms with Gasteiger partial charge < -0.3 is 4.90 Å². The second-order valence-electron chi connectivity index (χ2n) is 14.3. The average Bonchev–Trinajstić information content (AvgIpc) is 3.17. The molecule has 0 aromatic heterocycles. The van der Waals surface area contributed by atoms with E-state index in [1.54, 1.807) is 0 Å². The van der Waals surface area contributed by atoms with Crippen molar-refractivity contribution in [1.29, 1.82) is 0 Å². The Balaban J connectivity index is 1.22. The minimum absolute atomic E-state index is 0.106. The molecule has 4 aromatic carbocycles. The van der Waals surface area contributed by atoms with Gasteiger partial charge in [0.1, 0.15) is 0 Å². The van der Waals surface area contributed by atoms with Gasteiger partial charge in [0, 0.05) is 34.3 Å². The fourth-order valence-corrected chi connectivity index (χ4v) is 8.59. The van der Waals surface area contributed by atoms with Crippen LogP contribution in [-0.4, -0.2) is 7.05 Å². The molecule has 0 radical (unpaired) electrons. The smallest absolute Gasteiger partial charge is 0.0469 e. The maximum atomic E-state index is 7.21. The van der Waals surface area contributed by atoms with Crippen LogP contribution >= 0.6 is 11.6 Å². The lowest BCUT2D eigenvalue weighted by atomic mass is 9.73. The monoisotopic (exact) mass is 609 g/mol. The Morgan fingerprint density at radius 3 is 2.16 bits per heavy atom. The minimum Gasteiger partial charge on any atom is -0.347 e. The number of fused-ring (bicyclic) bond motifs is 6. The molecule has 45 heavy (non-hydrogen) atoms. The third-order valence-electron chi connectivity index (χ3n) is 10.8. The first-order valence-corrected chi connectivity index (χ1v) is 16.9. The molecule has 1 unspecified atom stereocenters. The Bertz CT molecular complexity index is 1990. The molecule has 0 amide bonds. The first-order chi connectivity index (χ1) is 21.6. The number of anilines is 1. The van der Waals surface area contributed by atoms with E-state index < -0.39 is 0 Å². The second-order valence-corrected chi connectivity index (χ2v) is 14.7. The molecule has 0 saturated heterocycles. The van der Waals surface area contributed by atoms with Crippen LogP contribution in [-0.2, 0) is 10.8 Å². The summed E-state index contributed by atoms with van der Waals surface area (Å²) in [5.41, 5.74) is 10.6. The Labute approximate surface area is 274 Å². The van der Waals surface area contributed by atoms with Crippen LogP contribution in [0.5, 0.6) is 0 Å². The lowest BCUT2D eigenvalue weighted by Crippen LogP contribution is -2.22. The molecule has 0 bridgehead atoms. The van der Waals surface area contributed by atoms with Gasteiger partial charge in [-0.1, -0.05) is 137 Å². The topological polar surface area (TPSA) is 3.24 Å². The highest BCUT2D eigenvalue weighted by atomic mass is 35.5. The first kappa shape index (κ1) is 29.9. The van der Waals surface area contributed by atoms with E-state index in [4.69, 9.17) is 11.6 Å². The first-order valence-electron chi connectivity index (χ1n) is 16.6. The molecule has 0 saturated carbocycles. The zero-order valence-corrected chi connectivity index (χ0v) is 28.3. The van der Waals surface area contributed by atoms with Gasteiger partial charge in [-0.15, -0.1) is 0 Å². The summed E-state index contributed by atoms with van der Waals surface area (Å²) < 4.78 is 0. The van der Waals surface area contributed by atoms with Crippen LogP contribution < -0.4 is 4.90 Å². The molecule has 0 N–H and O–H groups in total. The van der Waals surface area contributed by atoms with Crippen molar-refractivity contribution in [1.82, 2.24) is 0 Å². The molecule has 1 aliphatic heterocycles. The molecule has 7 rings (SSSR count). The van der Waals surface area contributed by atoms with Gasteiger partial charge in [0.25, 0.3) is 0 Å². The highest BCUT2D eigenvalue weighted by Gasteiger charge is 2.39. The van der Waals surface area contributed by atoms with Crippen LogP contribution in [0.15, 0.2) is 131 Å². The van der Waals surface area contributed by atoms with E-state index in [1.807, 2.05) is 0 Å². The van der Waals surface area contributed by atoms with E-state index >= 15 is 0 Å². The Kier molecular flexibility index (Phi) is 7.45. The van der Waals surface area contributed by atoms with E-state index in [9.17, 15) is 0 Å². The number of likely N-dealkylation sites (N-methyl/N-ethyl adjacent to an activating group) is 1. The van der Waals surface area contributed by atoms with Crippen molar-refractivity contribution in [2.24, 2.45) is 0 Å². The zero-order valence-electron chi connectivity index (χ0n) is 27.5. The fourth-order valence-electron chi connectivity index (χ4n) is 8.27. The molecule has 3 aliphatic rings. The van der Waals surface area contributed by atoms with Crippen molar-refractivity contribution < 1.29 is 0 Å². The number of rotatable bonds is 3. The molecule has 1 nitrogen and oxygen atoms in total. The van der Waals surface area contributed by atoms with Gasteiger partial charge >= 0.3 is 0 Å². The normalized spacial score (nSPS) is 22.8.